The second-order valence-corrected chi connectivity index (χ2v) is 4.86. The van der Waals surface area contributed by atoms with Gasteiger partial charge in [-0.1, -0.05) is 26.3 Å². The van der Waals surface area contributed by atoms with E-state index in [2.05, 4.69) is 13.8 Å². The minimum Gasteiger partial charge on any atom is -0.299 e. The van der Waals surface area contributed by atoms with Gasteiger partial charge in [0, 0.05) is 19.3 Å². The van der Waals surface area contributed by atoms with Crippen LogP contribution in [0.2, 0.25) is 0 Å². The van der Waals surface area contributed by atoms with E-state index in [1.807, 2.05) is 6.92 Å². The van der Waals surface area contributed by atoms with Crippen LogP contribution in [0.3, 0.4) is 0 Å². The Morgan fingerprint density at radius 3 is 2.57 bits per heavy atom. The molecule has 0 N–H and O–H groups in total. The molecule has 78 valence electrons. The van der Waals surface area contributed by atoms with Crippen molar-refractivity contribution in [1.29, 1.82) is 0 Å². The van der Waals surface area contributed by atoms with Crippen molar-refractivity contribution in [2.45, 2.75) is 46.5 Å². The van der Waals surface area contributed by atoms with Gasteiger partial charge in [-0.25, -0.2) is 0 Å². The van der Waals surface area contributed by atoms with Crippen LogP contribution in [0.4, 0.5) is 0 Å². The summed E-state index contributed by atoms with van der Waals surface area (Å²) in [5.74, 6) is 0.391. The van der Waals surface area contributed by atoms with Gasteiger partial charge in [-0.2, -0.15) is 0 Å². The average Bonchev–Trinajstić information content (AvgIpc) is 1.99. The third-order valence-electron chi connectivity index (χ3n) is 2.54. The third kappa shape index (κ3) is 3.09. The Labute approximate surface area is 85.4 Å². The minimum atomic E-state index is 0.0369. The highest BCUT2D eigenvalue weighted by atomic mass is 16.1. The van der Waals surface area contributed by atoms with E-state index in [0.29, 0.717) is 19.3 Å². The first-order chi connectivity index (χ1) is 6.43. The van der Waals surface area contributed by atoms with E-state index in [0.717, 1.165) is 12.0 Å². The van der Waals surface area contributed by atoms with Gasteiger partial charge in [0.25, 0.3) is 0 Å². The summed E-state index contributed by atoms with van der Waals surface area (Å²) in [5, 5.41) is 0. The molecular weight excluding hydrogens is 176 g/mol. The second kappa shape index (κ2) is 4.07. The van der Waals surface area contributed by atoms with Crippen LogP contribution in [0.25, 0.3) is 0 Å². The summed E-state index contributed by atoms with van der Waals surface area (Å²) in [6, 6.07) is 0. The number of rotatable bonds is 3. The number of carbonyl (C=O) groups is 2. The lowest BCUT2D eigenvalue weighted by Crippen LogP contribution is -2.22. The lowest BCUT2D eigenvalue weighted by molar-refractivity contribution is -0.118. The molecule has 0 spiro atoms. The van der Waals surface area contributed by atoms with E-state index in [9.17, 15) is 9.59 Å². The fraction of sp³-hybridized carbons (Fsp3) is 0.667. The first-order valence-corrected chi connectivity index (χ1v) is 5.17. The number of allylic oxidation sites excluding steroid dienone is 2. The van der Waals surface area contributed by atoms with Crippen LogP contribution in [0.5, 0.6) is 0 Å². The highest BCUT2D eigenvalue weighted by Gasteiger charge is 2.27. The Morgan fingerprint density at radius 1 is 1.43 bits per heavy atom. The molecule has 0 radical (unpaired) electrons. The van der Waals surface area contributed by atoms with Gasteiger partial charge in [0.2, 0.25) is 0 Å². The summed E-state index contributed by atoms with van der Waals surface area (Å²) in [7, 11) is 0. The molecule has 1 rings (SSSR count). The zero-order valence-corrected chi connectivity index (χ0v) is 9.22. The van der Waals surface area contributed by atoms with Gasteiger partial charge in [0.1, 0.15) is 5.78 Å². The van der Waals surface area contributed by atoms with Crippen LogP contribution in [-0.4, -0.2) is 11.6 Å². The molecule has 0 fully saturated rings. The summed E-state index contributed by atoms with van der Waals surface area (Å²) < 4.78 is 0. The van der Waals surface area contributed by atoms with Gasteiger partial charge in [-0.05, 0) is 17.9 Å². The van der Waals surface area contributed by atoms with Crippen LogP contribution in [-0.2, 0) is 9.59 Å². The normalized spacial score (nSPS) is 20.5. The number of hydrogen-bond donors (Lipinski definition) is 0. The zero-order chi connectivity index (χ0) is 10.8. The van der Waals surface area contributed by atoms with E-state index in [1.54, 1.807) is 6.08 Å². The molecule has 0 aromatic rings. The molecule has 0 aliphatic heterocycles. The van der Waals surface area contributed by atoms with Gasteiger partial charge in [0.15, 0.2) is 5.78 Å². The monoisotopic (exact) mass is 194 g/mol. The highest BCUT2D eigenvalue weighted by molar-refractivity contribution is 5.93. The molecule has 0 saturated carbocycles. The fourth-order valence-electron chi connectivity index (χ4n) is 1.97. The summed E-state index contributed by atoms with van der Waals surface area (Å²) in [6.07, 6.45) is 4.18. The Kier molecular flexibility index (Phi) is 3.25. The number of hydrogen-bond acceptors (Lipinski definition) is 2. The molecule has 14 heavy (non-hydrogen) atoms. The summed E-state index contributed by atoms with van der Waals surface area (Å²) in [5.41, 5.74) is 1.05. The average molecular weight is 194 g/mol. The Hall–Kier alpha value is -0.920. The van der Waals surface area contributed by atoms with E-state index >= 15 is 0 Å². The van der Waals surface area contributed by atoms with Gasteiger partial charge in [0.05, 0.1) is 0 Å². The molecule has 0 amide bonds. The minimum absolute atomic E-state index is 0.0369. The SMILES string of the molecule is CCC(=O)CC1=CC(=O)CC(C)(C)C1. The van der Waals surface area contributed by atoms with E-state index in [1.165, 1.54) is 0 Å². The molecule has 0 heterocycles. The van der Waals surface area contributed by atoms with Gasteiger partial charge < -0.3 is 0 Å². The summed E-state index contributed by atoms with van der Waals surface area (Å²) >= 11 is 0. The number of Topliss-reactive ketones (excluding diaryl/α,β-unsaturated/α-hetero) is 1. The Morgan fingerprint density at radius 2 is 2.07 bits per heavy atom. The van der Waals surface area contributed by atoms with Crippen molar-refractivity contribution < 1.29 is 9.59 Å². The maximum absolute atomic E-state index is 11.4. The summed E-state index contributed by atoms with van der Waals surface area (Å²) in [6.45, 7) is 6.02. The molecule has 2 nitrogen and oxygen atoms in total. The first-order valence-electron chi connectivity index (χ1n) is 5.17. The van der Waals surface area contributed by atoms with Crippen molar-refractivity contribution in [1.82, 2.24) is 0 Å². The van der Waals surface area contributed by atoms with Gasteiger partial charge in [-0.3, -0.25) is 9.59 Å². The predicted molar refractivity (Wildman–Crippen MR) is 56.0 cm³/mol. The molecule has 1 aliphatic carbocycles. The number of carbonyl (C=O) groups excluding carboxylic acids is 2. The zero-order valence-electron chi connectivity index (χ0n) is 9.22. The highest BCUT2D eigenvalue weighted by Crippen LogP contribution is 2.34. The lowest BCUT2D eigenvalue weighted by Gasteiger charge is -2.28. The molecule has 0 aromatic heterocycles. The molecule has 0 atom stereocenters. The molecule has 0 saturated heterocycles. The second-order valence-electron chi connectivity index (χ2n) is 4.86. The van der Waals surface area contributed by atoms with Crippen molar-refractivity contribution in [2.24, 2.45) is 5.41 Å². The smallest absolute Gasteiger partial charge is 0.156 e. The Balaban J connectivity index is 2.70. The van der Waals surface area contributed by atoms with Crippen LogP contribution in [0.15, 0.2) is 11.6 Å². The quantitative estimate of drug-likeness (QED) is 0.692. The molecule has 0 aromatic carbocycles. The van der Waals surface area contributed by atoms with E-state index in [-0.39, 0.29) is 17.0 Å². The van der Waals surface area contributed by atoms with Crippen LogP contribution >= 0.6 is 0 Å². The van der Waals surface area contributed by atoms with Crippen LogP contribution in [0.1, 0.15) is 46.5 Å². The standard InChI is InChI=1S/C12H18O2/c1-4-10(13)5-9-6-11(14)8-12(2,3)7-9/h6H,4-5,7-8H2,1-3H3. The maximum atomic E-state index is 11.4. The molecule has 1 aliphatic rings. The van der Waals surface area contributed by atoms with E-state index in [4.69, 9.17) is 0 Å². The Bertz CT molecular complexity index is 285. The molecule has 0 unspecified atom stereocenters. The van der Waals surface area contributed by atoms with Crippen LogP contribution in [0, 0.1) is 5.41 Å². The molecule has 2 heteroatoms. The van der Waals surface area contributed by atoms with Crippen LogP contribution < -0.4 is 0 Å². The van der Waals surface area contributed by atoms with Crippen molar-refractivity contribution in [3.63, 3.8) is 0 Å². The topological polar surface area (TPSA) is 34.1 Å². The van der Waals surface area contributed by atoms with Crippen molar-refractivity contribution >= 4 is 11.6 Å². The molecule has 0 bridgehead atoms. The lowest BCUT2D eigenvalue weighted by atomic mass is 9.76. The maximum Gasteiger partial charge on any atom is 0.156 e. The van der Waals surface area contributed by atoms with E-state index < -0.39 is 0 Å². The largest absolute Gasteiger partial charge is 0.299 e. The fourth-order valence-corrected chi connectivity index (χ4v) is 1.97. The summed E-state index contributed by atoms with van der Waals surface area (Å²) in [4.78, 5) is 22.6. The van der Waals surface area contributed by atoms with Gasteiger partial charge in [-0.15, -0.1) is 0 Å². The van der Waals surface area contributed by atoms with Crippen molar-refractivity contribution in [3.05, 3.63) is 11.6 Å². The number of ketones is 2. The van der Waals surface area contributed by atoms with Gasteiger partial charge >= 0.3 is 0 Å². The third-order valence-corrected chi connectivity index (χ3v) is 2.54. The van der Waals surface area contributed by atoms with Crippen molar-refractivity contribution in [3.8, 4) is 0 Å². The van der Waals surface area contributed by atoms with Crippen molar-refractivity contribution in [2.75, 3.05) is 0 Å². The molecular formula is C12H18O2. The predicted octanol–water partition coefficient (Wildman–Crippen LogP) is 2.67. The first kappa shape index (κ1) is 11.2.